The number of carbonyl (C=O) groups is 4. The molecule has 0 aliphatic rings. The van der Waals surface area contributed by atoms with Crippen LogP contribution in [0.4, 0.5) is 21.0 Å². The van der Waals surface area contributed by atoms with E-state index in [0.717, 1.165) is 38.5 Å². The fourth-order valence-corrected chi connectivity index (χ4v) is 7.90. The van der Waals surface area contributed by atoms with Crippen molar-refractivity contribution in [3.05, 3.63) is 24.3 Å². The van der Waals surface area contributed by atoms with Crippen molar-refractivity contribution in [3.8, 4) is 0 Å². The van der Waals surface area contributed by atoms with E-state index in [2.05, 4.69) is 24.5 Å². The molecule has 1 aromatic rings. The summed E-state index contributed by atoms with van der Waals surface area (Å²) in [6.07, 6.45) is 29.6. The molecule has 0 heterocycles. The average Bonchev–Trinajstić information content (AvgIpc) is 3.25. The largest absolute Gasteiger partial charge is 0.472 e. The Morgan fingerprint density at radius 3 is 1.51 bits per heavy atom. The number of esters is 2. The zero-order valence-electron chi connectivity index (χ0n) is 41.4. The summed E-state index contributed by atoms with van der Waals surface area (Å²) in [5.41, 5.74) is 0.361. The number of ether oxygens (including phenoxy) is 3. The summed E-state index contributed by atoms with van der Waals surface area (Å²) < 4.78 is 39.3. The molecule has 0 bridgehead atoms. The van der Waals surface area contributed by atoms with Crippen LogP contribution in [0.15, 0.2) is 24.3 Å². The van der Waals surface area contributed by atoms with Crippen LogP contribution in [0.25, 0.3) is 0 Å². The summed E-state index contributed by atoms with van der Waals surface area (Å²) >= 11 is 0. The number of urea groups is 1. The molecule has 1 aromatic carbocycles. The highest BCUT2D eigenvalue weighted by Gasteiger charge is 2.26. The van der Waals surface area contributed by atoms with E-state index in [4.69, 9.17) is 23.3 Å². The number of phosphoric acid groups is 1. The number of amides is 3. The molecule has 0 radical (unpaired) electrons. The highest BCUT2D eigenvalue weighted by Crippen LogP contribution is 2.43. The van der Waals surface area contributed by atoms with Crippen molar-refractivity contribution >= 4 is 43.3 Å². The van der Waals surface area contributed by atoms with Crippen LogP contribution in [-0.4, -0.2) is 74.1 Å². The minimum absolute atomic E-state index is 0.121. The van der Waals surface area contributed by atoms with Gasteiger partial charge in [0.1, 0.15) is 12.2 Å². The highest BCUT2D eigenvalue weighted by atomic mass is 31.2. The van der Waals surface area contributed by atoms with Gasteiger partial charge in [0.2, 0.25) is 0 Å². The van der Waals surface area contributed by atoms with E-state index < -0.39 is 50.2 Å². The molecule has 0 saturated carbocycles. The minimum atomic E-state index is -4.65. The summed E-state index contributed by atoms with van der Waals surface area (Å²) in [6, 6.07) is 6.01. The number of nitrogens with one attached hydrogen (secondary N) is 2. The van der Waals surface area contributed by atoms with Gasteiger partial charge in [-0.1, -0.05) is 168 Å². The Hall–Kier alpha value is -3.19. The molecule has 0 spiro atoms. The Labute approximate surface area is 393 Å². The third-order valence-electron chi connectivity index (χ3n) is 11.0. The van der Waals surface area contributed by atoms with Gasteiger partial charge in [-0.3, -0.25) is 28.9 Å². The second-order valence-corrected chi connectivity index (χ2v) is 19.8. The van der Waals surface area contributed by atoms with Crippen molar-refractivity contribution in [1.29, 1.82) is 0 Å². The quantitative estimate of drug-likeness (QED) is 0.0247. The van der Waals surface area contributed by atoms with Crippen molar-refractivity contribution in [2.24, 2.45) is 0 Å². The molecule has 376 valence electrons. The van der Waals surface area contributed by atoms with Crippen LogP contribution in [0.5, 0.6) is 0 Å². The molecular formula is C50H90N3O11P. The second kappa shape index (κ2) is 37.9. The first-order chi connectivity index (χ1) is 31.2. The molecule has 15 heteroatoms. The van der Waals surface area contributed by atoms with Crippen LogP contribution < -0.4 is 15.5 Å². The van der Waals surface area contributed by atoms with Crippen LogP contribution in [0.2, 0.25) is 0 Å². The molecule has 1 unspecified atom stereocenters. The van der Waals surface area contributed by atoms with Gasteiger partial charge in [-0.2, -0.15) is 0 Å². The lowest BCUT2D eigenvalue weighted by Crippen LogP contribution is -2.38. The van der Waals surface area contributed by atoms with E-state index >= 15 is 0 Å². The first kappa shape index (κ1) is 59.8. The predicted molar refractivity (Wildman–Crippen MR) is 261 cm³/mol. The van der Waals surface area contributed by atoms with Crippen molar-refractivity contribution in [2.45, 2.75) is 226 Å². The van der Waals surface area contributed by atoms with Crippen LogP contribution in [0.3, 0.4) is 0 Å². The number of phosphoric ester groups is 1. The van der Waals surface area contributed by atoms with Crippen molar-refractivity contribution in [3.63, 3.8) is 0 Å². The summed E-state index contributed by atoms with van der Waals surface area (Å²) in [7, 11) is -3.11. The van der Waals surface area contributed by atoms with E-state index in [9.17, 15) is 28.6 Å². The van der Waals surface area contributed by atoms with Crippen LogP contribution >= 0.6 is 7.82 Å². The van der Waals surface area contributed by atoms with Gasteiger partial charge in [-0.15, -0.1) is 0 Å². The van der Waals surface area contributed by atoms with Crippen LogP contribution in [0, 0.1) is 0 Å². The summed E-state index contributed by atoms with van der Waals surface area (Å²) in [5.74, 6) is -0.924. The number of benzene rings is 1. The molecule has 3 N–H and O–H groups in total. The average molecular weight is 940 g/mol. The topological polar surface area (TPSA) is 179 Å². The van der Waals surface area contributed by atoms with Gasteiger partial charge in [0.25, 0.3) is 0 Å². The van der Waals surface area contributed by atoms with E-state index in [1.54, 1.807) is 52.1 Å². The lowest BCUT2D eigenvalue weighted by Gasteiger charge is -2.21. The zero-order valence-corrected chi connectivity index (χ0v) is 42.3. The van der Waals surface area contributed by atoms with Crippen molar-refractivity contribution in [2.75, 3.05) is 43.6 Å². The molecule has 2 atom stereocenters. The Kier molecular flexibility index (Phi) is 34.8. The van der Waals surface area contributed by atoms with E-state index in [0.29, 0.717) is 24.2 Å². The number of unbranched alkanes of at least 4 members (excludes halogenated alkanes) is 24. The summed E-state index contributed by atoms with van der Waals surface area (Å²) in [5, 5.41) is 5.23. The number of nitrogens with zero attached hydrogens (tertiary/aromatic N) is 1. The molecule has 65 heavy (non-hydrogen) atoms. The number of hydrogen-bond acceptors (Lipinski definition) is 10. The molecular weight excluding hydrogens is 850 g/mol. The smallest absolute Gasteiger partial charge is 0.462 e. The van der Waals surface area contributed by atoms with Gasteiger partial charge < -0.3 is 24.4 Å². The maximum Gasteiger partial charge on any atom is 0.472 e. The van der Waals surface area contributed by atoms with Gasteiger partial charge in [0.15, 0.2) is 6.10 Å². The lowest BCUT2D eigenvalue weighted by molar-refractivity contribution is -0.161. The Bertz CT molecular complexity index is 1440. The molecule has 0 aliphatic carbocycles. The maximum atomic E-state index is 12.8. The van der Waals surface area contributed by atoms with Gasteiger partial charge in [0, 0.05) is 37.8 Å². The van der Waals surface area contributed by atoms with Gasteiger partial charge >= 0.3 is 31.9 Å². The van der Waals surface area contributed by atoms with Crippen LogP contribution in [0.1, 0.15) is 214 Å². The molecule has 3 amide bonds. The monoisotopic (exact) mass is 940 g/mol. The Morgan fingerprint density at radius 2 is 1.06 bits per heavy atom. The number of hydrogen-bond donors (Lipinski definition) is 3. The van der Waals surface area contributed by atoms with Crippen molar-refractivity contribution in [1.82, 2.24) is 5.32 Å². The lowest BCUT2D eigenvalue weighted by atomic mass is 10.0. The van der Waals surface area contributed by atoms with E-state index in [-0.39, 0.29) is 32.6 Å². The first-order valence-electron chi connectivity index (χ1n) is 25.2. The normalized spacial score (nSPS) is 12.8. The van der Waals surface area contributed by atoms with Gasteiger partial charge in [-0.25, -0.2) is 14.2 Å². The molecule has 0 fully saturated rings. The van der Waals surface area contributed by atoms with Crippen molar-refractivity contribution < 1.29 is 51.9 Å². The van der Waals surface area contributed by atoms with Gasteiger partial charge in [-0.05, 0) is 57.9 Å². The summed E-state index contributed by atoms with van der Waals surface area (Å²) in [6.45, 7) is 8.44. The number of rotatable bonds is 40. The minimum Gasteiger partial charge on any atom is -0.462 e. The first-order valence-corrected chi connectivity index (χ1v) is 26.7. The van der Waals surface area contributed by atoms with E-state index in [1.165, 1.54) is 120 Å². The number of carbonyl (C=O) groups excluding carboxylic acids is 4. The SMILES string of the molecule is CCCCCCCCCCCCCCCC(=O)OC[C@H](COP(=O)(O)OCCNC(=O)N(C)c1ccc(NC(=O)OC(C)(C)C)cc1)OC(=O)CCCCCCCCCCCCCCC. The maximum absolute atomic E-state index is 12.8. The second-order valence-electron chi connectivity index (χ2n) is 18.3. The molecule has 1 rings (SSSR count). The Balaban J connectivity index is 2.51. The van der Waals surface area contributed by atoms with Crippen LogP contribution in [-0.2, 0) is 37.4 Å². The number of anilines is 2. The summed E-state index contributed by atoms with van der Waals surface area (Å²) in [4.78, 5) is 62.0. The third kappa shape index (κ3) is 35.6. The fraction of sp³-hybridized carbons (Fsp3) is 0.800. The fourth-order valence-electron chi connectivity index (χ4n) is 7.15. The van der Waals surface area contributed by atoms with Gasteiger partial charge in [0.05, 0.1) is 13.2 Å². The molecule has 0 aromatic heterocycles. The predicted octanol–water partition coefficient (Wildman–Crippen LogP) is 13.7. The standard InChI is InChI=1S/C50H90N3O11P/c1-7-9-11-13-15-17-19-21-23-25-27-29-31-33-46(54)60-41-45(63-47(55)34-32-30-28-26-24-22-20-18-16-14-12-10-8-2)42-62-65(58,59)61-40-39-51-48(56)53(6)44-37-35-43(36-38-44)52-49(57)64-50(3,4)5/h35-38,45H,7-34,39-42H2,1-6H3,(H,51,56)(H,52,57)(H,58,59)/t45-/m1/s1. The molecule has 0 aliphatic heterocycles. The third-order valence-corrected chi connectivity index (χ3v) is 11.9. The molecule has 0 saturated heterocycles. The zero-order chi connectivity index (χ0) is 48.0. The van der Waals surface area contributed by atoms with E-state index in [1.807, 2.05) is 0 Å². The molecule has 14 nitrogen and oxygen atoms in total. The Morgan fingerprint density at radius 1 is 0.631 bits per heavy atom. The highest BCUT2D eigenvalue weighted by molar-refractivity contribution is 7.47.